The average Bonchev–Trinajstić information content (AvgIpc) is 2.34. The lowest BCUT2D eigenvalue weighted by Gasteiger charge is -2.13. The minimum Gasteiger partial charge on any atom is -0.320 e. The lowest BCUT2D eigenvalue weighted by Crippen LogP contribution is -2.12. The average molecular weight is 217 g/mol. The summed E-state index contributed by atoms with van der Waals surface area (Å²) in [6, 6.07) is 0. The van der Waals surface area contributed by atoms with Crippen molar-refractivity contribution in [1.29, 1.82) is 0 Å². The fourth-order valence-corrected chi connectivity index (χ4v) is 1.39. The third kappa shape index (κ3) is 20.1. The van der Waals surface area contributed by atoms with E-state index in [0.29, 0.717) is 0 Å². The van der Waals surface area contributed by atoms with Crippen molar-refractivity contribution < 1.29 is 0 Å². The molecule has 1 unspecified atom stereocenters. The van der Waals surface area contributed by atoms with Gasteiger partial charge >= 0.3 is 0 Å². The van der Waals surface area contributed by atoms with Crippen LogP contribution in [0.3, 0.4) is 0 Å². The minimum atomic E-state index is 0.961. The van der Waals surface area contributed by atoms with E-state index in [-0.39, 0.29) is 0 Å². The number of unbranched alkanes of at least 4 members (excludes halogenated alkanes) is 1. The largest absolute Gasteiger partial charge is 0.320 e. The molecule has 0 aliphatic heterocycles. The van der Waals surface area contributed by atoms with Gasteiger partial charge in [0.2, 0.25) is 0 Å². The molecule has 96 valence electrons. The quantitative estimate of drug-likeness (QED) is 0.642. The summed E-state index contributed by atoms with van der Waals surface area (Å²) >= 11 is 0. The lowest BCUT2D eigenvalue weighted by atomic mass is 9.96. The molecule has 0 heterocycles. The molecule has 0 bridgehead atoms. The summed E-state index contributed by atoms with van der Waals surface area (Å²) in [6.45, 7) is 13.8. The van der Waals surface area contributed by atoms with Crippen LogP contribution in [0.15, 0.2) is 0 Å². The van der Waals surface area contributed by atoms with Gasteiger partial charge in [0.15, 0.2) is 0 Å². The Morgan fingerprint density at radius 3 is 1.80 bits per heavy atom. The van der Waals surface area contributed by atoms with E-state index in [1.165, 1.54) is 38.6 Å². The molecule has 0 rings (SSSR count). The van der Waals surface area contributed by atoms with Gasteiger partial charge in [-0.1, -0.05) is 67.2 Å². The monoisotopic (exact) mass is 217 g/mol. The molecule has 1 nitrogen and oxygen atoms in total. The summed E-state index contributed by atoms with van der Waals surface area (Å²) in [5.41, 5.74) is 0. The summed E-state index contributed by atoms with van der Waals surface area (Å²) in [5, 5.41) is 3.21. The van der Waals surface area contributed by atoms with Crippen LogP contribution in [0.25, 0.3) is 0 Å². The van der Waals surface area contributed by atoms with E-state index in [1.54, 1.807) is 0 Å². The molecule has 0 aromatic carbocycles. The van der Waals surface area contributed by atoms with Gasteiger partial charge in [0, 0.05) is 0 Å². The van der Waals surface area contributed by atoms with Gasteiger partial charge in [0.25, 0.3) is 0 Å². The number of hydrogen-bond donors (Lipinski definition) is 1. The van der Waals surface area contributed by atoms with Crippen molar-refractivity contribution in [3.05, 3.63) is 0 Å². The Morgan fingerprint density at radius 1 is 0.933 bits per heavy atom. The van der Waals surface area contributed by atoms with Crippen LogP contribution in [0.1, 0.15) is 73.6 Å². The topological polar surface area (TPSA) is 12.0 Å². The lowest BCUT2D eigenvalue weighted by molar-refractivity contribution is 0.416. The third-order valence-corrected chi connectivity index (χ3v) is 2.35. The highest BCUT2D eigenvalue weighted by Crippen LogP contribution is 2.15. The highest BCUT2D eigenvalue weighted by atomic mass is 14.8. The Bertz CT molecular complexity index is 63.7. The molecule has 0 aliphatic rings. The predicted molar refractivity (Wildman–Crippen MR) is 74.5 cm³/mol. The predicted octanol–water partition coefficient (Wildman–Crippen LogP) is 4.86. The first kappa shape index (κ1) is 20.4. The van der Waals surface area contributed by atoms with Crippen molar-refractivity contribution >= 4 is 0 Å². The van der Waals surface area contributed by atoms with Gasteiger partial charge in [-0.05, 0) is 25.9 Å². The first-order chi connectivity index (χ1) is 7.35. The first-order valence-electron chi connectivity index (χ1n) is 6.99. The zero-order chi connectivity index (χ0) is 12.5. The summed E-state index contributed by atoms with van der Waals surface area (Å²) < 4.78 is 0. The number of rotatable bonds is 7. The normalized spacial score (nSPS) is 10.6. The molecule has 1 atom stereocenters. The van der Waals surface area contributed by atoms with Crippen LogP contribution < -0.4 is 5.32 Å². The molecule has 1 heteroatoms. The smallest absolute Gasteiger partial charge is 0.00493 e. The van der Waals surface area contributed by atoms with E-state index < -0.39 is 0 Å². The minimum absolute atomic E-state index is 0.961. The van der Waals surface area contributed by atoms with Gasteiger partial charge < -0.3 is 5.32 Å². The maximum absolute atomic E-state index is 3.21. The molecule has 0 aliphatic carbocycles. The second-order valence-corrected chi connectivity index (χ2v) is 3.31. The maximum atomic E-state index is 3.21. The van der Waals surface area contributed by atoms with Gasteiger partial charge in [-0.25, -0.2) is 0 Å². The van der Waals surface area contributed by atoms with Gasteiger partial charge in [-0.15, -0.1) is 0 Å². The summed E-state index contributed by atoms with van der Waals surface area (Å²) in [7, 11) is 2.03. The second-order valence-electron chi connectivity index (χ2n) is 3.31. The Kier molecular flexibility index (Phi) is 32.1. The Balaban J connectivity index is -0.000000318. The summed E-state index contributed by atoms with van der Waals surface area (Å²) in [6.07, 6.45) is 6.88. The van der Waals surface area contributed by atoms with Crippen molar-refractivity contribution in [2.24, 2.45) is 5.92 Å². The molecule has 0 aromatic rings. The van der Waals surface area contributed by atoms with Gasteiger partial charge in [-0.2, -0.15) is 0 Å². The fraction of sp³-hybridized carbons (Fsp3) is 1.00. The van der Waals surface area contributed by atoms with E-state index in [1.807, 2.05) is 34.7 Å². The van der Waals surface area contributed by atoms with Crippen LogP contribution in [-0.4, -0.2) is 13.6 Å². The second kappa shape index (κ2) is 23.6. The van der Waals surface area contributed by atoms with Crippen molar-refractivity contribution in [3.8, 4) is 0 Å². The molecule has 0 spiro atoms. The van der Waals surface area contributed by atoms with Crippen LogP contribution in [0.5, 0.6) is 0 Å². The van der Waals surface area contributed by atoms with Crippen LogP contribution >= 0.6 is 0 Å². The maximum Gasteiger partial charge on any atom is -0.00493 e. The van der Waals surface area contributed by atoms with E-state index in [2.05, 4.69) is 19.2 Å². The standard InChI is InChI=1S/C10H23N.2C2H6/c1-4-6-7-10(5-2)8-9-11-3;2*1-2/h10-11H,4-9H2,1-3H3;2*1-2H3. The molecule has 0 fully saturated rings. The molecule has 15 heavy (non-hydrogen) atoms. The van der Waals surface area contributed by atoms with Crippen LogP contribution in [0.4, 0.5) is 0 Å². The van der Waals surface area contributed by atoms with Gasteiger partial charge in [0.05, 0.1) is 0 Å². The van der Waals surface area contributed by atoms with E-state index in [4.69, 9.17) is 0 Å². The van der Waals surface area contributed by atoms with Gasteiger partial charge in [0.1, 0.15) is 0 Å². The molecule has 0 saturated heterocycles. The molecular weight excluding hydrogens is 182 g/mol. The van der Waals surface area contributed by atoms with Crippen LogP contribution in [0, 0.1) is 5.92 Å². The molecule has 0 saturated carbocycles. The summed E-state index contributed by atoms with van der Waals surface area (Å²) in [5.74, 6) is 0.961. The van der Waals surface area contributed by atoms with Crippen LogP contribution in [-0.2, 0) is 0 Å². The molecular formula is C14H35N. The third-order valence-electron chi connectivity index (χ3n) is 2.35. The Morgan fingerprint density at radius 2 is 1.47 bits per heavy atom. The highest BCUT2D eigenvalue weighted by Gasteiger charge is 2.03. The van der Waals surface area contributed by atoms with Crippen molar-refractivity contribution in [3.63, 3.8) is 0 Å². The van der Waals surface area contributed by atoms with E-state index >= 15 is 0 Å². The number of nitrogens with one attached hydrogen (secondary N) is 1. The van der Waals surface area contributed by atoms with Crippen molar-refractivity contribution in [2.75, 3.05) is 13.6 Å². The molecule has 1 N–H and O–H groups in total. The summed E-state index contributed by atoms with van der Waals surface area (Å²) in [4.78, 5) is 0. The fourth-order valence-electron chi connectivity index (χ4n) is 1.39. The van der Waals surface area contributed by atoms with E-state index in [0.717, 1.165) is 5.92 Å². The first-order valence-corrected chi connectivity index (χ1v) is 6.99. The van der Waals surface area contributed by atoms with Crippen molar-refractivity contribution in [2.45, 2.75) is 73.6 Å². The molecule has 0 aromatic heterocycles. The molecule has 0 amide bonds. The Labute approximate surface area is 99.0 Å². The Hall–Kier alpha value is -0.0400. The zero-order valence-corrected chi connectivity index (χ0v) is 12.3. The molecule has 0 radical (unpaired) electrons. The van der Waals surface area contributed by atoms with E-state index in [9.17, 15) is 0 Å². The highest BCUT2D eigenvalue weighted by molar-refractivity contribution is 4.58. The zero-order valence-electron chi connectivity index (χ0n) is 12.3. The van der Waals surface area contributed by atoms with Crippen LogP contribution in [0.2, 0.25) is 0 Å². The number of hydrogen-bond acceptors (Lipinski definition) is 1. The van der Waals surface area contributed by atoms with Gasteiger partial charge in [-0.3, -0.25) is 0 Å². The SMILES string of the molecule is CC.CC.CCCCC(CC)CCNC. The van der Waals surface area contributed by atoms with Crippen molar-refractivity contribution in [1.82, 2.24) is 5.32 Å².